The minimum atomic E-state index is -3.67. The molecule has 0 fully saturated rings. The predicted molar refractivity (Wildman–Crippen MR) is 93.7 cm³/mol. The maximum atomic E-state index is 12.6. The van der Waals surface area contributed by atoms with E-state index >= 15 is 0 Å². The van der Waals surface area contributed by atoms with Crippen molar-refractivity contribution in [1.82, 2.24) is 0 Å². The van der Waals surface area contributed by atoms with E-state index in [1.165, 1.54) is 11.8 Å². The van der Waals surface area contributed by atoms with Crippen LogP contribution in [0.25, 0.3) is 0 Å². The van der Waals surface area contributed by atoms with Crippen LogP contribution < -0.4 is 5.32 Å². The third-order valence-electron chi connectivity index (χ3n) is 2.69. The van der Waals surface area contributed by atoms with E-state index in [2.05, 4.69) is 5.32 Å². The molecule has 1 heterocycles. The van der Waals surface area contributed by atoms with Gasteiger partial charge in [0.25, 0.3) is 0 Å². The second-order valence-corrected chi connectivity index (χ2v) is 10.6. The number of hydrogen-bond acceptors (Lipinski definition) is 7. The number of thioether (sulfide) groups is 1. The van der Waals surface area contributed by atoms with Crippen molar-refractivity contribution >= 4 is 51.0 Å². The quantitative estimate of drug-likeness (QED) is 0.618. The van der Waals surface area contributed by atoms with E-state index in [9.17, 15) is 18.0 Å². The molecule has 0 bridgehead atoms. The first-order valence-electron chi connectivity index (χ1n) is 6.84. The van der Waals surface area contributed by atoms with Crippen LogP contribution in [0.5, 0.6) is 0 Å². The van der Waals surface area contributed by atoms with E-state index in [-0.39, 0.29) is 15.5 Å². The molecule has 0 saturated carbocycles. The molecule has 0 atom stereocenters. The molecule has 1 aromatic rings. The summed E-state index contributed by atoms with van der Waals surface area (Å²) < 4.78 is 30.8. The topological polar surface area (TPSA) is 89.5 Å². The van der Waals surface area contributed by atoms with Gasteiger partial charge in [-0.15, -0.1) is 23.1 Å². The fourth-order valence-electron chi connectivity index (χ4n) is 1.65. The minimum absolute atomic E-state index is 0.00250. The minimum Gasteiger partial charge on any atom is -0.444 e. The third kappa shape index (κ3) is 4.71. The molecule has 1 rings (SSSR count). The van der Waals surface area contributed by atoms with Gasteiger partial charge >= 0.3 is 6.09 Å². The summed E-state index contributed by atoms with van der Waals surface area (Å²) in [6.07, 6.45) is 1.46. The largest absolute Gasteiger partial charge is 0.444 e. The van der Waals surface area contributed by atoms with Crippen molar-refractivity contribution in [2.24, 2.45) is 0 Å². The van der Waals surface area contributed by atoms with E-state index < -0.39 is 26.8 Å². The van der Waals surface area contributed by atoms with Gasteiger partial charge in [0.05, 0.1) is 20.0 Å². The summed E-state index contributed by atoms with van der Waals surface area (Å²) in [4.78, 5) is 23.4. The average Bonchev–Trinajstić information content (AvgIpc) is 2.74. The maximum absolute atomic E-state index is 12.6. The van der Waals surface area contributed by atoms with Crippen LogP contribution in [0.3, 0.4) is 0 Å². The summed E-state index contributed by atoms with van der Waals surface area (Å²) in [5.74, 6) is 0. The first-order chi connectivity index (χ1) is 10.4. The number of rotatable bonds is 5. The molecule has 0 aliphatic carbocycles. The number of anilines is 1. The second-order valence-electron chi connectivity index (χ2n) is 6.00. The average molecular weight is 380 g/mol. The van der Waals surface area contributed by atoms with Crippen molar-refractivity contribution in [2.75, 3.05) is 11.6 Å². The van der Waals surface area contributed by atoms with Gasteiger partial charge in [-0.2, -0.15) is 0 Å². The molecule has 9 heteroatoms. The first-order valence-corrected chi connectivity index (χ1v) is 10.4. The Balaban J connectivity index is 3.43. The highest BCUT2D eigenvalue weighted by Gasteiger charge is 2.32. The van der Waals surface area contributed by atoms with Crippen molar-refractivity contribution in [3.8, 4) is 0 Å². The predicted octanol–water partition coefficient (Wildman–Crippen LogP) is 3.81. The lowest BCUT2D eigenvalue weighted by atomic mass is 10.2. The Kier molecular flexibility index (Phi) is 6.28. The fourth-order valence-corrected chi connectivity index (χ4v) is 5.52. The number of nitrogens with one attached hydrogen (secondary N) is 1. The van der Waals surface area contributed by atoms with Crippen LogP contribution in [-0.2, 0) is 14.6 Å². The molecular formula is C14H21NO5S3. The van der Waals surface area contributed by atoms with Crippen molar-refractivity contribution in [2.45, 2.75) is 54.6 Å². The van der Waals surface area contributed by atoms with Gasteiger partial charge in [-0.05, 0) is 40.9 Å². The molecule has 0 unspecified atom stereocenters. The standard InChI is InChI=1S/C14H21NO5S3/c1-8(2)23(18,19)11-10(9(7-16)22-12(11)21-6)15-13(17)20-14(3,4)5/h7-8H,1-6H3,(H,15,17). The van der Waals surface area contributed by atoms with E-state index in [1.807, 2.05) is 0 Å². The summed E-state index contributed by atoms with van der Waals surface area (Å²) in [6, 6.07) is 0. The van der Waals surface area contributed by atoms with Crippen LogP contribution in [0.2, 0.25) is 0 Å². The van der Waals surface area contributed by atoms with Gasteiger partial charge in [0.15, 0.2) is 16.1 Å². The summed E-state index contributed by atoms with van der Waals surface area (Å²) in [7, 11) is -3.67. The molecule has 1 N–H and O–H groups in total. The number of ether oxygens (including phenoxy) is 1. The van der Waals surface area contributed by atoms with Gasteiger partial charge < -0.3 is 4.74 Å². The molecule has 0 aliphatic rings. The van der Waals surface area contributed by atoms with Crippen molar-refractivity contribution in [3.63, 3.8) is 0 Å². The van der Waals surface area contributed by atoms with Crippen molar-refractivity contribution < 1.29 is 22.7 Å². The van der Waals surface area contributed by atoms with Crippen LogP contribution in [-0.4, -0.2) is 37.9 Å². The molecule has 1 amide bonds. The SMILES string of the molecule is CSc1sc(C=O)c(NC(=O)OC(C)(C)C)c1S(=O)(=O)C(C)C. The summed E-state index contributed by atoms with van der Waals surface area (Å²) in [6.45, 7) is 8.18. The zero-order valence-corrected chi connectivity index (χ0v) is 16.4. The number of carbonyl (C=O) groups excluding carboxylic acids is 2. The number of hydrogen-bond donors (Lipinski definition) is 1. The zero-order valence-electron chi connectivity index (χ0n) is 13.9. The Morgan fingerprint density at radius 2 is 1.91 bits per heavy atom. The van der Waals surface area contributed by atoms with Gasteiger partial charge in [-0.25, -0.2) is 13.2 Å². The van der Waals surface area contributed by atoms with E-state index in [0.717, 1.165) is 11.3 Å². The Morgan fingerprint density at radius 3 is 2.30 bits per heavy atom. The lowest BCUT2D eigenvalue weighted by Gasteiger charge is -2.20. The van der Waals surface area contributed by atoms with Crippen LogP contribution in [0.1, 0.15) is 44.3 Å². The number of aldehydes is 1. The number of thiophene rings is 1. The van der Waals surface area contributed by atoms with Gasteiger partial charge in [0.2, 0.25) is 0 Å². The van der Waals surface area contributed by atoms with E-state index in [0.29, 0.717) is 10.5 Å². The summed E-state index contributed by atoms with van der Waals surface area (Å²) >= 11 is 2.25. The summed E-state index contributed by atoms with van der Waals surface area (Å²) in [5.41, 5.74) is -0.738. The Hall–Kier alpha value is -1.06. The Labute approximate surface area is 144 Å². The molecular weight excluding hydrogens is 358 g/mol. The van der Waals surface area contributed by atoms with Crippen LogP contribution in [0.15, 0.2) is 9.10 Å². The highest BCUT2D eigenvalue weighted by Crippen LogP contribution is 2.42. The third-order valence-corrected chi connectivity index (χ3v) is 7.40. The normalized spacial score (nSPS) is 12.3. The highest BCUT2D eigenvalue weighted by atomic mass is 32.2. The van der Waals surface area contributed by atoms with Crippen molar-refractivity contribution in [1.29, 1.82) is 0 Å². The molecule has 6 nitrogen and oxygen atoms in total. The molecule has 0 saturated heterocycles. The molecule has 23 heavy (non-hydrogen) atoms. The highest BCUT2D eigenvalue weighted by molar-refractivity contribution is 8.01. The van der Waals surface area contributed by atoms with E-state index in [4.69, 9.17) is 4.74 Å². The van der Waals surface area contributed by atoms with Gasteiger partial charge in [-0.1, -0.05) is 0 Å². The Morgan fingerprint density at radius 1 is 1.35 bits per heavy atom. The molecule has 0 radical (unpaired) electrons. The van der Waals surface area contributed by atoms with Crippen LogP contribution in [0.4, 0.5) is 10.5 Å². The number of amides is 1. The zero-order chi connectivity index (χ0) is 18.0. The fraction of sp³-hybridized carbons (Fsp3) is 0.571. The molecule has 0 aromatic carbocycles. The number of sulfone groups is 1. The van der Waals surface area contributed by atoms with Gasteiger partial charge in [-0.3, -0.25) is 10.1 Å². The molecule has 130 valence electrons. The van der Waals surface area contributed by atoms with Gasteiger partial charge in [0.1, 0.15) is 10.5 Å². The monoisotopic (exact) mass is 379 g/mol. The maximum Gasteiger partial charge on any atom is 0.412 e. The van der Waals surface area contributed by atoms with Crippen LogP contribution in [0, 0.1) is 0 Å². The lowest BCUT2D eigenvalue weighted by Crippen LogP contribution is -2.28. The molecule has 0 aliphatic heterocycles. The lowest BCUT2D eigenvalue weighted by molar-refractivity contribution is 0.0635. The van der Waals surface area contributed by atoms with Crippen LogP contribution >= 0.6 is 23.1 Å². The van der Waals surface area contributed by atoms with Crippen molar-refractivity contribution in [3.05, 3.63) is 4.88 Å². The molecule has 0 spiro atoms. The second kappa shape index (κ2) is 7.23. The summed E-state index contributed by atoms with van der Waals surface area (Å²) in [5, 5.41) is 1.75. The smallest absolute Gasteiger partial charge is 0.412 e. The molecule has 1 aromatic heterocycles. The first kappa shape index (κ1) is 20.0. The number of carbonyl (C=O) groups is 2. The Bertz CT molecular complexity index is 699. The van der Waals surface area contributed by atoms with Gasteiger partial charge in [0, 0.05) is 0 Å². The van der Waals surface area contributed by atoms with E-state index in [1.54, 1.807) is 40.9 Å².